The highest BCUT2D eigenvalue weighted by Gasteiger charge is 2.38. The Morgan fingerprint density at radius 2 is 2.38 bits per heavy atom. The molecule has 0 bridgehead atoms. The molecule has 1 aliphatic heterocycles. The summed E-state index contributed by atoms with van der Waals surface area (Å²) in [6, 6.07) is 0. The van der Waals surface area contributed by atoms with Crippen molar-refractivity contribution in [2.45, 2.75) is 31.5 Å². The minimum Gasteiger partial charge on any atom is -0.390 e. The van der Waals surface area contributed by atoms with Crippen molar-refractivity contribution in [3.05, 3.63) is 22.5 Å². The highest BCUT2D eigenvalue weighted by molar-refractivity contribution is 7.91. The van der Waals surface area contributed by atoms with Crippen LogP contribution in [0, 0.1) is 10.1 Å². The molecule has 118 valence electrons. The fraction of sp³-hybridized carbons (Fsp3) is 0.727. The molecule has 1 aliphatic rings. The molecule has 1 saturated heterocycles. The zero-order valence-corrected chi connectivity index (χ0v) is 12.4. The first-order valence-corrected chi connectivity index (χ1v) is 8.32. The van der Waals surface area contributed by atoms with E-state index in [0.717, 1.165) is 6.20 Å². The number of rotatable bonds is 6. The summed E-state index contributed by atoms with van der Waals surface area (Å²) in [4.78, 5) is 9.97. The van der Waals surface area contributed by atoms with E-state index in [2.05, 4.69) is 10.4 Å². The molecule has 0 spiro atoms. The summed E-state index contributed by atoms with van der Waals surface area (Å²) in [7, 11) is -3.00. The number of hydrogen-bond acceptors (Lipinski definition) is 7. The molecule has 0 saturated carbocycles. The number of aliphatic hydroxyl groups is 1. The zero-order chi connectivity index (χ0) is 15.7. The van der Waals surface area contributed by atoms with Crippen molar-refractivity contribution in [1.82, 2.24) is 15.1 Å². The predicted octanol–water partition coefficient (Wildman–Crippen LogP) is -0.681. The van der Waals surface area contributed by atoms with Crippen molar-refractivity contribution in [2.75, 3.05) is 18.1 Å². The van der Waals surface area contributed by atoms with Crippen LogP contribution < -0.4 is 5.32 Å². The van der Waals surface area contributed by atoms with Gasteiger partial charge in [-0.1, -0.05) is 0 Å². The number of nitro groups is 1. The predicted molar refractivity (Wildman–Crippen MR) is 74.6 cm³/mol. The molecule has 9 nitrogen and oxygen atoms in total. The molecular weight excluding hydrogens is 300 g/mol. The van der Waals surface area contributed by atoms with Crippen LogP contribution in [-0.4, -0.2) is 57.9 Å². The number of aliphatic hydroxyl groups excluding tert-OH is 1. The molecule has 1 aromatic rings. The van der Waals surface area contributed by atoms with E-state index in [1.165, 1.54) is 10.9 Å². The minimum absolute atomic E-state index is 0.0555. The molecule has 2 rings (SSSR count). The Bertz CT molecular complexity index is 628. The summed E-state index contributed by atoms with van der Waals surface area (Å²) in [6.07, 6.45) is 2.05. The average molecular weight is 318 g/mol. The van der Waals surface area contributed by atoms with Crippen LogP contribution in [0.1, 0.15) is 13.3 Å². The van der Waals surface area contributed by atoms with Gasteiger partial charge in [-0.15, -0.1) is 0 Å². The molecule has 0 radical (unpaired) electrons. The molecule has 0 aromatic carbocycles. The highest BCUT2D eigenvalue weighted by atomic mass is 32.2. The van der Waals surface area contributed by atoms with Gasteiger partial charge in [0, 0.05) is 12.1 Å². The number of nitrogens with zero attached hydrogens (tertiary/aromatic N) is 3. The maximum absolute atomic E-state index is 11.5. The molecule has 2 atom stereocenters. The summed E-state index contributed by atoms with van der Waals surface area (Å²) >= 11 is 0. The van der Waals surface area contributed by atoms with Crippen molar-refractivity contribution in [1.29, 1.82) is 0 Å². The summed E-state index contributed by atoms with van der Waals surface area (Å²) in [5.74, 6) is 0.206. The van der Waals surface area contributed by atoms with E-state index in [-0.39, 0.29) is 30.3 Å². The van der Waals surface area contributed by atoms with Gasteiger partial charge >= 0.3 is 5.69 Å². The largest absolute Gasteiger partial charge is 0.390 e. The smallest absolute Gasteiger partial charge is 0.306 e. The average Bonchev–Trinajstić information content (AvgIpc) is 2.93. The van der Waals surface area contributed by atoms with Crippen LogP contribution >= 0.6 is 0 Å². The Morgan fingerprint density at radius 1 is 1.67 bits per heavy atom. The SMILES string of the molecule is CC1(NCC(O)Cn2cc([N+](=O)[O-])cn2)CCS(=O)(=O)C1. The van der Waals surface area contributed by atoms with Crippen LogP contribution in [0.2, 0.25) is 0 Å². The Kier molecular flexibility index (Phi) is 4.30. The van der Waals surface area contributed by atoms with Gasteiger partial charge < -0.3 is 10.4 Å². The van der Waals surface area contributed by atoms with Gasteiger partial charge in [-0.3, -0.25) is 14.8 Å². The van der Waals surface area contributed by atoms with Gasteiger partial charge in [0.15, 0.2) is 9.84 Å². The summed E-state index contributed by atoms with van der Waals surface area (Å²) in [5, 5.41) is 27.3. The molecule has 1 fully saturated rings. The number of hydrogen-bond donors (Lipinski definition) is 2. The van der Waals surface area contributed by atoms with Crippen molar-refractivity contribution in [2.24, 2.45) is 0 Å². The van der Waals surface area contributed by atoms with Crippen LogP contribution in [0.3, 0.4) is 0 Å². The third kappa shape index (κ3) is 4.22. The lowest BCUT2D eigenvalue weighted by Gasteiger charge is -2.25. The summed E-state index contributed by atoms with van der Waals surface area (Å²) in [6.45, 7) is 2.10. The van der Waals surface area contributed by atoms with Gasteiger partial charge in [-0.05, 0) is 13.3 Å². The number of sulfone groups is 1. The van der Waals surface area contributed by atoms with E-state index in [4.69, 9.17) is 0 Å². The van der Waals surface area contributed by atoms with Gasteiger partial charge in [-0.2, -0.15) is 5.10 Å². The Morgan fingerprint density at radius 3 is 2.90 bits per heavy atom. The lowest BCUT2D eigenvalue weighted by molar-refractivity contribution is -0.385. The molecule has 2 heterocycles. The second-order valence-corrected chi connectivity index (χ2v) is 7.80. The van der Waals surface area contributed by atoms with Crippen molar-refractivity contribution in [3.63, 3.8) is 0 Å². The fourth-order valence-electron chi connectivity index (χ4n) is 2.34. The Balaban J connectivity index is 1.84. The fourth-order valence-corrected chi connectivity index (χ4v) is 4.46. The van der Waals surface area contributed by atoms with Crippen LogP contribution in [0.25, 0.3) is 0 Å². The third-order valence-corrected chi connectivity index (χ3v) is 5.40. The van der Waals surface area contributed by atoms with E-state index in [1.807, 2.05) is 6.92 Å². The Hall–Kier alpha value is -1.52. The molecule has 0 aliphatic carbocycles. The molecule has 10 heteroatoms. The second kappa shape index (κ2) is 5.70. The summed E-state index contributed by atoms with van der Waals surface area (Å²) in [5.41, 5.74) is -0.667. The maximum Gasteiger partial charge on any atom is 0.306 e. The summed E-state index contributed by atoms with van der Waals surface area (Å²) < 4.78 is 24.2. The molecule has 1 aromatic heterocycles. The monoisotopic (exact) mass is 318 g/mol. The number of β-amino-alcohol motifs (C(OH)–C–C–N with tert-alkyl or cyclic N) is 1. The Labute approximate surface area is 122 Å². The normalized spacial score (nSPS) is 25.8. The molecular formula is C11H18N4O5S. The number of nitrogens with one attached hydrogen (secondary N) is 1. The van der Waals surface area contributed by atoms with E-state index >= 15 is 0 Å². The van der Waals surface area contributed by atoms with Gasteiger partial charge in [0.25, 0.3) is 0 Å². The second-order valence-electron chi connectivity index (χ2n) is 5.62. The van der Waals surface area contributed by atoms with Gasteiger partial charge in [0.1, 0.15) is 12.4 Å². The van der Waals surface area contributed by atoms with Crippen molar-refractivity contribution < 1.29 is 18.4 Å². The van der Waals surface area contributed by atoms with Crippen LogP contribution in [0.15, 0.2) is 12.4 Å². The van der Waals surface area contributed by atoms with Crippen molar-refractivity contribution >= 4 is 15.5 Å². The van der Waals surface area contributed by atoms with Crippen molar-refractivity contribution in [3.8, 4) is 0 Å². The lowest BCUT2D eigenvalue weighted by Crippen LogP contribution is -2.47. The number of aromatic nitrogens is 2. The molecule has 0 amide bonds. The van der Waals surface area contributed by atoms with Gasteiger partial charge in [0.05, 0.1) is 29.1 Å². The van der Waals surface area contributed by atoms with Crippen LogP contribution in [0.4, 0.5) is 5.69 Å². The zero-order valence-electron chi connectivity index (χ0n) is 11.6. The van der Waals surface area contributed by atoms with Crippen LogP contribution in [-0.2, 0) is 16.4 Å². The first-order chi connectivity index (χ1) is 9.69. The highest BCUT2D eigenvalue weighted by Crippen LogP contribution is 2.22. The lowest BCUT2D eigenvalue weighted by atomic mass is 10.0. The molecule has 2 N–H and O–H groups in total. The van der Waals surface area contributed by atoms with E-state index < -0.39 is 26.4 Å². The minimum atomic E-state index is -3.00. The molecule has 2 unspecified atom stereocenters. The standard InChI is InChI=1S/C11H18N4O5S/c1-11(2-3-21(19,20)8-11)12-5-10(16)7-14-6-9(4-13-14)15(17)18/h4,6,10,12,16H,2-3,5,7-8H2,1H3. The third-order valence-electron chi connectivity index (χ3n) is 3.50. The first-order valence-electron chi connectivity index (χ1n) is 6.49. The van der Waals surface area contributed by atoms with Gasteiger partial charge in [0.2, 0.25) is 0 Å². The van der Waals surface area contributed by atoms with E-state index in [9.17, 15) is 23.6 Å². The van der Waals surface area contributed by atoms with E-state index in [1.54, 1.807) is 0 Å². The topological polar surface area (TPSA) is 127 Å². The van der Waals surface area contributed by atoms with Crippen LogP contribution in [0.5, 0.6) is 0 Å². The molecule has 21 heavy (non-hydrogen) atoms. The van der Waals surface area contributed by atoms with Gasteiger partial charge in [-0.25, -0.2) is 8.42 Å². The first kappa shape index (κ1) is 15.9. The van der Waals surface area contributed by atoms with E-state index in [0.29, 0.717) is 6.42 Å². The quantitative estimate of drug-likeness (QED) is 0.525. The maximum atomic E-state index is 11.5.